The van der Waals surface area contributed by atoms with Crippen LogP contribution in [-0.4, -0.2) is 25.2 Å². The standard InChI is InChI=1S/C17H28N2/c1-16(2,3)13-7-9-14(10-8-13)19(6)15-11-17(4,5)18-12-15/h7-10,15,18H,11-12H2,1-6H3. The van der Waals surface area contributed by atoms with Gasteiger partial charge in [-0.3, -0.25) is 0 Å². The Morgan fingerprint density at radius 3 is 2.16 bits per heavy atom. The van der Waals surface area contributed by atoms with Crippen LogP contribution >= 0.6 is 0 Å². The number of nitrogens with zero attached hydrogens (tertiary/aromatic N) is 1. The molecule has 1 aromatic rings. The highest BCUT2D eigenvalue weighted by atomic mass is 15.2. The fraction of sp³-hybridized carbons (Fsp3) is 0.647. The first kappa shape index (κ1) is 14.4. The number of hydrogen-bond acceptors (Lipinski definition) is 2. The minimum Gasteiger partial charge on any atom is -0.370 e. The topological polar surface area (TPSA) is 15.3 Å². The van der Waals surface area contributed by atoms with Gasteiger partial charge in [-0.2, -0.15) is 0 Å². The van der Waals surface area contributed by atoms with E-state index in [1.807, 2.05) is 0 Å². The molecule has 0 amide bonds. The molecule has 1 aromatic carbocycles. The van der Waals surface area contributed by atoms with E-state index in [2.05, 4.69) is 76.1 Å². The largest absolute Gasteiger partial charge is 0.370 e. The Hall–Kier alpha value is -1.02. The van der Waals surface area contributed by atoms with Crippen LogP contribution in [0.1, 0.15) is 46.6 Å². The maximum absolute atomic E-state index is 3.59. The lowest BCUT2D eigenvalue weighted by molar-refractivity contribution is 0.454. The third-order valence-corrected chi connectivity index (χ3v) is 4.25. The highest BCUT2D eigenvalue weighted by Crippen LogP contribution is 2.28. The molecule has 106 valence electrons. The zero-order valence-corrected chi connectivity index (χ0v) is 13.2. The first-order chi connectivity index (χ1) is 8.69. The monoisotopic (exact) mass is 260 g/mol. The Balaban J connectivity index is 2.10. The Morgan fingerprint density at radius 1 is 1.16 bits per heavy atom. The lowest BCUT2D eigenvalue weighted by atomic mass is 9.87. The summed E-state index contributed by atoms with van der Waals surface area (Å²) in [6.45, 7) is 12.4. The molecule has 1 fully saturated rings. The zero-order chi connectivity index (χ0) is 14.3. The van der Waals surface area contributed by atoms with Gasteiger partial charge >= 0.3 is 0 Å². The molecule has 1 N–H and O–H groups in total. The van der Waals surface area contributed by atoms with Crippen molar-refractivity contribution in [3.63, 3.8) is 0 Å². The van der Waals surface area contributed by atoms with Crippen molar-refractivity contribution < 1.29 is 0 Å². The molecular weight excluding hydrogens is 232 g/mol. The molecule has 1 atom stereocenters. The van der Waals surface area contributed by atoms with E-state index in [1.54, 1.807) is 0 Å². The molecule has 0 bridgehead atoms. The first-order valence-corrected chi connectivity index (χ1v) is 7.27. The second-order valence-electron chi connectivity index (χ2n) is 7.53. The molecule has 0 saturated carbocycles. The zero-order valence-electron chi connectivity index (χ0n) is 13.2. The van der Waals surface area contributed by atoms with E-state index in [-0.39, 0.29) is 11.0 Å². The van der Waals surface area contributed by atoms with Crippen LogP contribution in [-0.2, 0) is 5.41 Å². The van der Waals surface area contributed by atoms with Gasteiger partial charge < -0.3 is 10.2 Å². The van der Waals surface area contributed by atoms with Crippen LogP contribution < -0.4 is 10.2 Å². The van der Waals surface area contributed by atoms with Crippen LogP contribution in [0.15, 0.2) is 24.3 Å². The van der Waals surface area contributed by atoms with Crippen molar-refractivity contribution in [2.75, 3.05) is 18.5 Å². The number of benzene rings is 1. The molecule has 0 aromatic heterocycles. The lowest BCUT2D eigenvalue weighted by Crippen LogP contribution is -2.33. The number of hydrogen-bond donors (Lipinski definition) is 1. The molecule has 1 unspecified atom stereocenters. The van der Waals surface area contributed by atoms with Crippen LogP contribution in [0.5, 0.6) is 0 Å². The molecule has 0 radical (unpaired) electrons. The molecule has 1 saturated heterocycles. The molecule has 2 rings (SSSR count). The van der Waals surface area contributed by atoms with E-state index in [1.165, 1.54) is 17.7 Å². The van der Waals surface area contributed by atoms with Crippen molar-refractivity contribution >= 4 is 5.69 Å². The number of rotatable bonds is 2. The minimum absolute atomic E-state index is 0.230. The second kappa shape index (κ2) is 4.82. The summed E-state index contributed by atoms with van der Waals surface area (Å²) in [5, 5.41) is 3.59. The lowest BCUT2D eigenvalue weighted by Gasteiger charge is -2.28. The summed E-state index contributed by atoms with van der Waals surface area (Å²) in [6, 6.07) is 9.63. The molecule has 1 aliphatic heterocycles. The number of anilines is 1. The normalized spacial score (nSPS) is 22.5. The smallest absolute Gasteiger partial charge is 0.0428 e. The Labute approximate surface area is 118 Å². The van der Waals surface area contributed by atoms with Crippen LogP contribution in [0.25, 0.3) is 0 Å². The summed E-state index contributed by atoms with van der Waals surface area (Å²) in [6.07, 6.45) is 1.20. The predicted octanol–water partition coefficient (Wildman–Crippen LogP) is 3.56. The van der Waals surface area contributed by atoms with Crippen molar-refractivity contribution in [3.05, 3.63) is 29.8 Å². The third kappa shape index (κ3) is 3.30. The van der Waals surface area contributed by atoms with Gasteiger partial charge in [0.1, 0.15) is 0 Å². The van der Waals surface area contributed by atoms with E-state index >= 15 is 0 Å². The van der Waals surface area contributed by atoms with Crippen molar-refractivity contribution in [3.8, 4) is 0 Å². The van der Waals surface area contributed by atoms with Gasteiger partial charge in [0.2, 0.25) is 0 Å². The minimum atomic E-state index is 0.230. The van der Waals surface area contributed by atoms with E-state index < -0.39 is 0 Å². The maximum Gasteiger partial charge on any atom is 0.0428 e. The summed E-state index contributed by atoms with van der Waals surface area (Å²) in [7, 11) is 2.21. The van der Waals surface area contributed by atoms with Crippen LogP contribution in [0.2, 0.25) is 0 Å². The van der Waals surface area contributed by atoms with E-state index in [0.29, 0.717) is 6.04 Å². The van der Waals surface area contributed by atoms with Crippen molar-refractivity contribution in [1.82, 2.24) is 5.32 Å². The second-order valence-corrected chi connectivity index (χ2v) is 7.53. The first-order valence-electron chi connectivity index (χ1n) is 7.27. The molecule has 19 heavy (non-hydrogen) atoms. The molecule has 1 heterocycles. The van der Waals surface area contributed by atoms with Gasteiger partial charge in [0, 0.05) is 30.9 Å². The summed E-state index contributed by atoms with van der Waals surface area (Å²) < 4.78 is 0. The van der Waals surface area contributed by atoms with Gasteiger partial charge in [0.05, 0.1) is 0 Å². The predicted molar refractivity (Wildman–Crippen MR) is 84.0 cm³/mol. The molecule has 0 aliphatic carbocycles. The van der Waals surface area contributed by atoms with Crippen LogP contribution in [0.4, 0.5) is 5.69 Å². The van der Waals surface area contributed by atoms with Gasteiger partial charge in [-0.1, -0.05) is 32.9 Å². The number of nitrogens with one attached hydrogen (secondary N) is 1. The van der Waals surface area contributed by atoms with E-state index in [0.717, 1.165) is 6.54 Å². The summed E-state index contributed by atoms with van der Waals surface area (Å²) in [5.41, 5.74) is 3.21. The van der Waals surface area contributed by atoms with Crippen LogP contribution in [0.3, 0.4) is 0 Å². The van der Waals surface area contributed by atoms with Gasteiger partial charge in [-0.05, 0) is 43.4 Å². The Morgan fingerprint density at radius 2 is 1.74 bits per heavy atom. The average Bonchev–Trinajstić information content (AvgIpc) is 2.68. The fourth-order valence-electron chi connectivity index (χ4n) is 2.81. The fourth-order valence-corrected chi connectivity index (χ4v) is 2.81. The number of likely N-dealkylation sites (N-methyl/N-ethyl adjacent to an activating group) is 1. The quantitative estimate of drug-likeness (QED) is 0.874. The molecule has 0 spiro atoms. The van der Waals surface area contributed by atoms with Crippen molar-refractivity contribution in [2.24, 2.45) is 0 Å². The molecular formula is C17H28N2. The molecule has 2 nitrogen and oxygen atoms in total. The SMILES string of the molecule is CN(c1ccc(C(C)(C)C)cc1)C1CNC(C)(C)C1. The highest BCUT2D eigenvalue weighted by Gasteiger charge is 2.32. The van der Waals surface area contributed by atoms with Gasteiger partial charge in [0.15, 0.2) is 0 Å². The van der Waals surface area contributed by atoms with Crippen molar-refractivity contribution in [2.45, 2.75) is 58.0 Å². The van der Waals surface area contributed by atoms with Crippen molar-refractivity contribution in [1.29, 1.82) is 0 Å². The maximum atomic E-state index is 3.59. The third-order valence-electron chi connectivity index (χ3n) is 4.25. The summed E-state index contributed by atoms with van der Waals surface area (Å²) >= 11 is 0. The van der Waals surface area contributed by atoms with Gasteiger partial charge in [-0.25, -0.2) is 0 Å². The van der Waals surface area contributed by atoms with Gasteiger partial charge in [0.25, 0.3) is 0 Å². The van der Waals surface area contributed by atoms with Crippen LogP contribution in [0, 0.1) is 0 Å². The molecule has 1 aliphatic rings. The molecule has 2 heteroatoms. The summed E-state index contributed by atoms with van der Waals surface area (Å²) in [4.78, 5) is 2.41. The highest BCUT2D eigenvalue weighted by molar-refractivity contribution is 5.49. The van der Waals surface area contributed by atoms with E-state index in [4.69, 9.17) is 0 Å². The average molecular weight is 260 g/mol. The van der Waals surface area contributed by atoms with Gasteiger partial charge in [-0.15, -0.1) is 0 Å². The Kier molecular flexibility index (Phi) is 3.65. The van der Waals surface area contributed by atoms with E-state index in [9.17, 15) is 0 Å². The Bertz CT molecular complexity index is 426. The summed E-state index contributed by atoms with van der Waals surface area (Å²) in [5.74, 6) is 0.